The van der Waals surface area contributed by atoms with Crippen LogP contribution in [0.2, 0.25) is 10.0 Å². The number of alkyl halides is 6. The first-order valence-electron chi connectivity index (χ1n) is 9.83. The average molecular weight is 572 g/mol. The summed E-state index contributed by atoms with van der Waals surface area (Å²) < 4.78 is 76.2. The van der Waals surface area contributed by atoms with Gasteiger partial charge in [-0.25, -0.2) is 14.8 Å². The van der Waals surface area contributed by atoms with Crippen molar-refractivity contribution in [3.8, 4) is 0 Å². The molecule has 4 amide bonds. The van der Waals surface area contributed by atoms with Crippen molar-refractivity contribution in [3.05, 3.63) is 45.7 Å². The summed E-state index contributed by atoms with van der Waals surface area (Å²) in [6.07, 6.45) is -7.51. The minimum absolute atomic E-state index is 0.140. The number of anilines is 2. The molecule has 3 heterocycles. The molecule has 2 aromatic heterocycles. The number of amides is 4. The van der Waals surface area contributed by atoms with Gasteiger partial charge < -0.3 is 5.32 Å². The first-order valence-corrected chi connectivity index (χ1v) is 10.6. The summed E-state index contributed by atoms with van der Waals surface area (Å²) in [5.41, 5.74) is 0.0196. The molecule has 2 aromatic rings. The van der Waals surface area contributed by atoms with Crippen molar-refractivity contribution in [1.29, 1.82) is 0 Å². The molecule has 1 aliphatic heterocycles. The molecule has 198 valence electrons. The first-order chi connectivity index (χ1) is 17.2. The average Bonchev–Trinajstić information content (AvgIpc) is 2.78. The number of carbonyl (C=O) groups is 3. The van der Waals surface area contributed by atoms with Gasteiger partial charge in [0.25, 0.3) is 0 Å². The summed E-state index contributed by atoms with van der Waals surface area (Å²) in [6, 6.07) is 0.176. The summed E-state index contributed by atoms with van der Waals surface area (Å²) >= 11 is 11.5. The number of barbiturate groups is 1. The monoisotopic (exact) mass is 571 g/mol. The fourth-order valence-corrected chi connectivity index (χ4v) is 3.27. The Morgan fingerprint density at radius 2 is 1.51 bits per heavy atom. The highest BCUT2D eigenvalue weighted by molar-refractivity contribution is 6.33. The number of halogens is 8. The maximum Gasteiger partial charge on any atom is 0.417 e. The van der Waals surface area contributed by atoms with Gasteiger partial charge in [0.2, 0.25) is 11.8 Å². The van der Waals surface area contributed by atoms with Crippen molar-refractivity contribution in [2.45, 2.75) is 12.4 Å². The Kier molecular flexibility index (Phi) is 8.12. The van der Waals surface area contributed by atoms with Crippen LogP contribution < -0.4 is 16.1 Å². The second kappa shape index (κ2) is 10.8. The number of hydrogen-bond acceptors (Lipinski definition) is 8. The summed E-state index contributed by atoms with van der Waals surface area (Å²) in [5, 5.41) is 7.29. The van der Waals surface area contributed by atoms with Gasteiger partial charge in [0.1, 0.15) is 5.82 Å². The summed E-state index contributed by atoms with van der Waals surface area (Å²) in [5.74, 6) is -4.07. The zero-order chi connectivity index (χ0) is 27.5. The topological polar surface area (TPSA) is 129 Å². The Bertz CT molecular complexity index is 1260. The Morgan fingerprint density at radius 3 is 2.03 bits per heavy atom. The van der Waals surface area contributed by atoms with E-state index in [1.54, 1.807) is 0 Å². The van der Waals surface area contributed by atoms with Gasteiger partial charge in [0.15, 0.2) is 11.7 Å². The standard InChI is InChI=1S/C19H13Cl2F6N7O3/c20-11-3-8(18(22,23)24)5-29-13(11)28-1-2-34-16(36)10(15(35)32-17(34)37)7-31-33-14-12(21)4-9(6-30-14)19(25,26)27/h3-7,10H,1-2H2,(H,28,29)(H,30,33)(H,32,35,37). The third-order valence-electron chi connectivity index (χ3n) is 4.65. The maximum absolute atomic E-state index is 12.7. The highest BCUT2D eigenvalue weighted by atomic mass is 35.5. The number of nitrogens with one attached hydrogen (secondary N) is 3. The van der Waals surface area contributed by atoms with Crippen molar-refractivity contribution >= 4 is 58.9 Å². The Balaban J connectivity index is 1.63. The predicted molar refractivity (Wildman–Crippen MR) is 118 cm³/mol. The third-order valence-corrected chi connectivity index (χ3v) is 5.22. The van der Waals surface area contributed by atoms with E-state index in [9.17, 15) is 40.7 Å². The van der Waals surface area contributed by atoms with Gasteiger partial charge in [-0.1, -0.05) is 23.2 Å². The van der Waals surface area contributed by atoms with Crippen molar-refractivity contribution in [3.63, 3.8) is 0 Å². The number of aromatic nitrogens is 2. The van der Waals surface area contributed by atoms with E-state index >= 15 is 0 Å². The molecule has 1 aliphatic rings. The van der Waals surface area contributed by atoms with Crippen molar-refractivity contribution in [1.82, 2.24) is 20.2 Å². The predicted octanol–water partition coefficient (Wildman–Crippen LogP) is 4.03. The van der Waals surface area contributed by atoms with E-state index < -0.39 is 52.3 Å². The van der Waals surface area contributed by atoms with E-state index in [4.69, 9.17) is 23.2 Å². The molecule has 0 bridgehead atoms. The number of carbonyl (C=O) groups excluding carboxylic acids is 3. The molecule has 1 saturated heterocycles. The Hall–Kier alpha value is -3.66. The lowest BCUT2D eigenvalue weighted by Crippen LogP contribution is -2.59. The lowest BCUT2D eigenvalue weighted by molar-refractivity contribution is -0.140. The van der Waals surface area contributed by atoms with Crippen LogP contribution in [-0.2, 0) is 21.9 Å². The van der Waals surface area contributed by atoms with Crippen LogP contribution in [-0.4, -0.2) is 52.0 Å². The maximum atomic E-state index is 12.7. The van der Waals surface area contributed by atoms with Gasteiger partial charge in [-0.15, -0.1) is 0 Å². The molecule has 37 heavy (non-hydrogen) atoms. The van der Waals surface area contributed by atoms with Gasteiger partial charge in [-0.3, -0.25) is 25.2 Å². The molecular weight excluding hydrogens is 559 g/mol. The number of urea groups is 1. The normalized spacial score (nSPS) is 16.8. The highest BCUT2D eigenvalue weighted by Gasteiger charge is 2.39. The molecule has 1 fully saturated rings. The van der Waals surface area contributed by atoms with Gasteiger partial charge in [-0.2, -0.15) is 31.4 Å². The number of pyridine rings is 2. The van der Waals surface area contributed by atoms with Crippen LogP contribution in [0.15, 0.2) is 29.6 Å². The van der Waals surface area contributed by atoms with Gasteiger partial charge in [0.05, 0.1) is 21.2 Å². The summed E-state index contributed by atoms with van der Waals surface area (Å²) in [4.78, 5) is 44.5. The number of hydrazone groups is 1. The van der Waals surface area contributed by atoms with Crippen LogP contribution in [0.3, 0.4) is 0 Å². The van der Waals surface area contributed by atoms with Crippen LogP contribution in [0.1, 0.15) is 11.1 Å². The lowest BCUT2D eigenvalue weighted by atomic mass is 10.1. The molecule has 0 aliphatic carbocycles. The van der Waals surface area contributed by atoms with E-state index in [2.05, 4.69) is 25.8 Å². The zero-order valence-corrected chi connectivity index (χ0v) is 19.4. The van der Waals surface area contributed by atoms with Gasteiger partial charge >= 0.3 is 18.4 Å². The molecule has 1 atom stereocenters. The summed E-state index contributed by atoms with van der Waals surface area (Å²) in [7, 11) is 0. The molecule has 10 nitrogen and oxygen atoms in total. The van der Waals surface area contributed by atoms with E-state index in [1.165, 1.54) is 0 Å². The number of nitrogens with zero attached hydrogens (tertiary/aromatic N) is 4. The van der Waals surface area contributed by atoms with Gasteiger partial charge in [0, 0.05) is 31.7 Å². The smallest absolute Gasteiger partial charge is 0.367 e. The Morgan fingerprint density at radius 1 is 0.973 bits per heavy atom. The molecule has 3 N–H and O–H groups in total. The van der Waals surface area contributed by atoms with Gasteiger partial charge in [-0.05, 0) is 12.1 Å². The fourth-order valence-electron chi connectivity index (χ4n) is 2.83. The molecule has 0 aromatic carbocycles. The number of rotatable bonds is 7. The number of imide groups is 2. The highest BCUT2D eigenvalue weighted by Crippen LogP contribution is 2.33. The van der Waals surface area contributed by atoms with Crippen molar-refractivity contribution in [2.75, 3.05) is 23.8 Å². The van der Waals surface area contributed by atoms with Crippen LogP contribution in [0.25, 0.3) is 0 Å². The van der Waals surface area contributed by atoms with Crippen LogP contribution in [0.4, 0.5) is 42.8 Å². The van der Waals surface area contributed by atoms with Crippen LogP contribution >= 0.6 is 23.2 Å². The Labute approximate surface area is 213 Å². The first kappa shape index (κ1) is 27.9. The zero-order valence-electron chi connectivity index (χ0n) is 17.9. The minimum Gasteiger partial charge on any atom is -0.367 e. The largest absolute Gasteiger partial charge is 0.417 e. The minimum atomic E-state index is -4.68. The molecule has 0 radical (unpaired) electrons. The summed E-state index contributed by atoms with van der Waals surface area (Å²) in [6.45, 7) is -0.542. The van der Waals surface area contributed by atoms with Crippen molar-refractivity contribution < 1.29 is 40.7 Å². The SMILES string of the molecule is O=C1NC(=O)N(CCNc2ncc(C(F)(F)F)cc2Cl)C(=O)C1C=NNc1ncc(C(F)(F)F)cc1Cl. The van der Waals surface area contributed by atoms with E-state index in [0.29, 0.717) is 29.4 Å². The molecule has 1 unspecified atom stereocenters. The lowest BCUT2D eigenvalue weighted by Gasteiger charge is -2.28. The molecular formula is C19H13Cl2F6N7O3. The molecule has 0 saturated carbocycles. The number of hydrogen-bond donors (Lipinski definition) is 3. The van der Waals surface area contributed by atoms with E-state index in [1.807, 2.05) is 5.32 Å². The van der Waals surface area contributed by atoms with E-state index in [0.717, 1.165) is 6.21 Å². The van der Waals surface area contributed by atoms with E-state index in [-0.39, 0.29) is 29.7 Å². The van der Waals surface area contributed by atoms with Crippen molar-refractivity contribution in [2.24, 2.45) is 11.0 Å². The third kappa shape index (κ3) is 6.76. The fraction of sp³-hybridized carbons (Fsp3) is 0.263. The van der Waals surface area contributed by atoms with Crippen LogP contribution in [0.5, 0.6) is 0 Å². The van der Waals surface area contributed by atoms with Crippen LogP contribution in [0, 0.1) is 5.92 Å². The second-order valence-electron chi connectivity index (χ2n) is 7.18. The molecule has 18 heteroatoms. The second-order valence-corrected chi connectivity index (χ2v) is 8.00. The molecule has 0 spiro atoms. The molecule has 3 rings (SSSR count). The quantitative estimate of drug-likeness (QED) is 0.198.